The topological polar surface area (TPSA) is 131 Å². The molecule has 45 heavy (non-hydrogen) atoms. The number of carbonyl (C=O) groups excluding carboxylic acids is 2. The number of carboxylic acid groups (broad SMARTS) is 1. The number of benzene rings is 2. The van der Waals surface area contributed by atoms with Gasteiger partial charge in [-0.15, -0.1) is 0 Å². The van der Waals surface area contributed by atoms with Gasteiger partial charge in [0.05, 0.1) is 24.9 Å². The summed E-state index contributed by atoms with van der Waals surface area (Å²) in [7, 11) is 3.67. The Morgan fingerprint density at radius 2 is 1.84 bits per heavy atom. The van der Waals surface area contributed by atoms with Gasteiger partial charge in [-0.3, -0.25) is 4.79 Å². The summed E-state index contributed by atoms with van der Waals surface area (Å²) < 4.78 is 17.3. The number of aliphatic carboxylic acids is 1. The second-order valence-electron chi connectivity index (χ2n) is 13.1. The summed E-state index contributed by atoms with van der Waals surface area (Å²) in [5, 5.41) is 13.5. The second-order valence-corrected chi connectivity index (χ2v) is 13.1. The molecule has 5 rings (SSSR count). The summed E-state index contributed by atoms with van der Waals surface area (Å²) in [4.78, 5) is 47.1. The Bertz CT molecular complexity index is 1620. The number of fused-ring (bicyclic) bond motifs is 2. The van der Waals surface area contributed by atoms with Crippen LogP contribution < -0.4 is 19.7 Å². The average Bonchev–Trinajstić information content (AvgIpc) is 3.57. The van der Waals surface area contributed by atoms with Gasteiger partial charge < -0.3 is 34.4 Å². The molecule has 3 atom stereocenters. The molecule has 1 aromatic heterocycles. The van der Waals surface area contributed by atoms with Crippen molar-refractivity contribution in [2.75, 3.05) is 32.1 Å². The molecule has 0 radical (unpaired) electrons. The lowest BCUT2D eigenvalue weighted by molar-refractivity contribution is -0.149. The lowest BCUT2D eigenvalue weighted by Gasteiger charge is -2.30. The van der Waals surface area contributed by atoms with Gasteiger partial charge in [-0.1, -0.05) is 19.9 Å². The average molecular weight is 619 g/mol. The summed E-state index contributed by atoms with van der Waals surface area (Å²) in [6, 6.07) is 11.6. The first-order chi connectivity index (χ1) is 21.2. The lowest BCUT2D eigenvalue weighted by atomic mass is 10.0. The molecule has 240 valence electrons. The van der Waals surface area contributed by atoms with Gasteiger partial charge in [0.2, 0.25) is 5.91 Å². The molecular formula is C34H42N4O7. The van der Waals surface area contributed by atoms with Gasteiger partial charge in [-0.05, 0) is 62.9 Å². The number of nitrogens with zero attached hydrogens (tertiary/aromatic N) is 3. The van der Waals surface area contributed by atoms with Crippen LogP contribution in [0.5, 0.6) is 11.5 Å². The number of carboxylic acids is 1. The molecule has 11 nitrogen and oxygen atoms in total. The fraction of sp³-hybridized carbons (Fsp3) is 0.471. The molecule has 2 N–H and O–H groups in total. The monoisotopic (exact) mass is 618 g/mol. The molecular weight excluding hydrogens is 576 g/mol. The molecule has 2 aliphatic rings. The van der Waals surface area contributed by atoms with Crippen LogP contribution >= 0.6 is 0 Å². The predicted octanol–water partition coefficient (Wildman–Crippen LogP) is 4.88. The van der Waals surface area contributed by atoms with E-state index in [1.54, 1.807) is 41.7 Å². The van der Waals surface area contributed by atoms with Crippen LogP contribution in [0.25, 0.3) is 22.2 Å². The minimum atomic E-state index is -1.14. The maximum absolute atomic E-state index is 13.7. The van der Waals surface area contributed by atoms with Gasteiger partial charge in [0.15, 0.2) is 0 Å². The number of aromatic nitrogens is 1. The van der Waals surface area contributed by atoms with E-state index in [0.717, 1.165) is 23.9 Å². The quantitative estimate of drug-likeness (QED) is 0.363. The Labute approximate surface area is 263 Å². The van der Waals surface area contributed by atoms with Crippen molar-refractivity contribution in [3.63, 3.8) is 0 Å². The van der Waals surface area contributed by atoms with Crippen LogP contribution in [0.15, 0.2) is 42.5 Å². The fourth-order valence-electron chi connectivity index (χ4n) is 5.94. The van der Waals surface area contributed by atoms with Crippen LogP contribution in [0.1, 0.15) is 46.6 Å². The number of carbonyl (C=O) groups is 3. The number of methoxy groups -OCH3 is 1. The van der Waals surface area contributed by atoms with Gasteiger partial charge in [-0.2, -0.15) is 0 Å². The maximum atomic E-state index is 13.7. The van der Waals surface area contributed by atoms with Crippen molar-refractivity contribution in [1.82, 2.24) is 15.2 Å². The Hall–Kier alpha value is -4.54. The van der Waals surface area contributed by atoms with E-state index in [0.29, 0.717) is 22.7 Å². The zero-order chi connectivity index (χ0) is 32.6. The van der Waals surface area contributed by atoms with Gasteiger partial charge >= 0.3 is 12.1 Å². The fourth-order valence-corrected chi connectivity index (χ4v) is 5.94. The number of hydrogen-bond donors (Lipinski definition) is 2. The van der Waals surface area contributed by atoms with E-state index in [-0.39, 0.29) is 18.9 Å². The maximum Gasteiger partial charge on any atom is 0.408 e. The molecule has 0 spiro atoms. The highest BCUT2D eigenvalue weighted by atomic mass is 16.6. The van der Waals surface area contributed by atoms with E-state index >= 15 is 0 Å². The first kappa shape index (κ1) is 31.9. The van der Waals surface area contributed by atoms with Crippen LogP contribution in [-0.2, 0) is 20.7 Å². The molecule has 1 unspecified atom stereocenters. The van der Waals surface area contributed by atoms with Crippen molar-refractivity contribution in [3.05, 3.63) is 48.0 Å². The summed E-state index contributed by atoms with van der Waals surface area (Å²) in [6.45, 7) is 9.77. The van der Waals surface area contributed by atoms with Crippen LogP contribution in [-0.4, -0.2) is 84.0 Å². The lowest BCUT2D eigenvalue weighted by Crippen LogP contribution is -2.54. The molecule has 1 saturated heterocycles. The second kappa shape index (κ2) is 12.5. The van der Waals surface area contributed by atoms with E-state index in [1.165, 1.54) is 16.2 Å². The van der Waals surface area contributed by atoms with E-state index in [1.807, 2.05) is 30.3 Å². The van der Waals surface area contributed by atoms with Crippen molar-refractivity contribution < 1.29 is 33.7 Å². The van der Waals surface area contributed by atoms with Crippen molar-refractivity contribution in [3.8, 4) is 22.8 Å². The number of ether oxygens (including phenoxy) is 3. The largest absolute Gasteiger partial charge is 0.497 e. The third-order valence-corrected chi connectivity index (χ3v) is 8.21. The van der Waals surface area contributed by atoms with Crippen molar-refractivity contribution in [2.45, 2.75) is 71.2 Å². The Morgan fingerprint density at radius 1 is 1.09 bits per heavy atom. The number of likely N-dealkylation sites (N-methyl/N-ethyl adjacent to an activating group) is 1. The summed E-state index contributed by atoms with van der Waals surface area (Å²) in [5.74, 6) is -0.765. The van der Waals surface area contributed by atoms with E-state index in [4.69, 9.17) is 19.2 Å². The zero-order valence-corrected chi connectivity index (χ0v) is 26.9. The summed E-state index contributed by atoms with van der Waals surface area (Å²) in [6.07, 6.45) is -0.317. The number of nitrogens with one attached hydrogen (secondary N) is 1. The summed E-state index contributed by atoms with van der Waals surface area (Å²) >= 11 is 0. The molecule has 3 heterocycles. The standard InChI is InChI=1S/C34H42N4O7/c1-19(2)30(36-33(42)45-34(3,4)5)31(39)38-18-23(16-28(38)32(40)41)44-29-17-25(35-26-15-22(43-7)9-10-24(26)29)20-8-11-27-21(14-20)12-13-37(27)6/h8-11,14-15,17,19,23,28,30H,12-13,16,18H2,1-7H3,(H,36,42)(H,40,41)/t23-,28+,30?/m1/s1. The van der Waals surface area contributed by atoms with Crippen molar-refractivity contribution in [2.24, 2.45) is 5.92 Å². The number of rotatable bonds is 8. The number of likely N-dealkylation sites (tertiary alicyclic amines) is 1. The van der Waals surface area contributed by atoms with Crippen molar-refractivity contribution in [1.29, 1.82) is 0 Å². The third kappa shape index (κ3) is 6.92. The number of hydrogen-bond acceptors (Lipinski definition) is 8. The van der Waals surface area contributed by atoms with Crippen molar-refractivity contribution >= 4 is 34.6 Å². The van der Waals surface area contributed by atoms with Gasteiger partial charge in [0.25, 0.3) is 0 Å². The van der Waals surface area contributed by atoms with E-state index in [2.05, 4.69) is 29.4 Å². The molecule has 2 aliphatic heterocycles. The summed E-state index contributed by atoms with van der Waals surface area (Å²) in [5.41, 5.74) is 4.02. The van der Waals surface area contributed by atoms with Crippen LogP contribution in [0, 0.1) is 5.92 Å². The molecule has 0 bridgehead atoms. The molecule has 1 fully saturated rings. The van der Waals surface area contributed by atoms with E-state index in [9.17, 15) is 19.5 Å². The molecule has 11 heteroatoms. The smallest absolute Gasteiger partial charge is 0.408 e. The Morgan fingerprint density at radius 3 is 2.51 bits per heavy atom. The molecule has 0 saturated carbocycles. The van der Waals surface area contributed by atoms with E-state index < -0.39 is 41.8 Å². The highest BCUT2D eigenvalue weighted by molar-refractivity contribution is 5.91. The molecule has 2 aromatic carbocycles. The molecule has 3 aromatic rings. The van der Waals surface area contributed by atoms with Gasteiger partial charge in [0.1, 0.15) is 35.3 Å². The number of alkyl carbamates (subject to hydrolysis) is 1. The number of anilines is 1. The van der Waals surface area contributed by atoms with Crippen LogP contribution in [0.3, 0.4) is 0 Å². The first-order valence-electron chi connectivity index (χ1n) is 15.3. The van der Waals surface area contributed by atoms with Gasteiger partial charge in [0, 0.05) is 48.8 Å². The van der Waals surface area contributed by atoms with Gasteiger partial charge in [-0.25, -0.2) is 14.6 Å². The Kier molecular flexibility index (Phi) is 8.82. The van der Waals surface area contributed by atoms with Crippen LogP contribution in [0.4, 0.5) is 10.5 Å². The molecule has 0 aliphatic carbocycles. The minimum absolute atomic E-state index is 0.0372. The minimum Gasteiger partial charge on any atom is -0.497 e. The predicted molar refractivity (Wildman–Crippen MR) is 171 cm³/mol. The van der Waals surface area contributed by atoms with Crippen LogP contribution in [0.2, 0.25) is 0 Å². The first-order valence-corrected chi connectivity index (χ1v) is 15.3. The highest BCUT2D eigenvalue weighted by Crippen LogP contribution is 2.37. The number of pyridine rings is 1. The number of amides is 2. The normalized spacial score (nSPS) is 18.6. The molecule has 2 amide bonds. The third-order valence-electron chi connectivity index (χ3n) is 8.21. The highest BCUT2D eigenvalue weighted by Gasteiger charge is 2.44. The Balaban J connectivity index is 1.44. The SMILES string of the molecule is COc1ccc2c(O[C@@H]3C[C@@H](C(=O)O)N(C(=O)C(NC(=O)OC(C)(C)C)C(C)C)C3)cc(-c3ccc4c(c3)CCN4C)nc2c1. The zero-order valence-electron chi connectivity index (χ0n) is 26.9.